The van der Waals surface area contributed by atoms with Gasteiger partial charge in [-0.15, -0.1) is 0 Å². The number of rotatable bonds is 4. The Morgan fingerprint density at radius 2 is 1.93 bits per heavy atom. The van der Waals surface area contributed by atoms with Crippen LogP contribution in [0.4, 0.5) is 0 Å². The van der Waals surface area contributed by atoms with E-state index in [1.165, 1.54) is 12.0 Å². The summed E-state index contributed by atoms with van der Waals surface area (Å²) in [6.45, 7) is 4.57. The van der Waals surface area contributed by atoms with E-state index in [-0.39, 0.29) is 0 Å². The first kappa shape index (κ1) is 11.7. The normalized spacial score (nSPS) is 20.5. The van der Waals surface area contributed by atoms with Crippen LogP contribution in [-0.4, -0.2) is 17.7 Å². The molecule has 0 aromatic rings. The lowest BCUT2D eigenvalue weighted by molar-refractivity contribution is -0.409. The quantitative estimate of drug-likeness (QED) is 0.328. The molecule has 1 rings (SSSR count). The molecule has 0 saturated heterocycles. The molecule has 0 spiro atoms. The molecule has 82 valence electrons. The van der Waals surface area contributed by atoms with Crippen molar-refractivity contribution in [3.8, 4) is 0 Å². The molecular weight excluding hydrogens is 180 g/mol. The van der Waals surface area contributed by atoms with Crippen LogP contribution in [0.1, 0.15) is 46.0 Å². The fraction of sp³-hybridized carbons (Fsp3) is 0.818. The zero-order chi connectivity index (χ0) is 10.4. The van der Waals surface area contributed by atoms with Gasteiger partial charge in [0.25, 0.3) is 0 Å². The van der Waals surface area contributed by atoms with Crippen molar-refractivity contribution in [2.75, 3.05) is 6.61 Å². The third-order valence-corrected chi connectivity index (χ3v) is 2.62. The third kappa shape index (κ3) is 3.40. The van der Waals surface area contributed by atoms with Crippen molar-refractivity contribution in [2.45, 2.75) is 51.7 Å². The van der Waals surface area contributed by atoms with Crippen LogP contribution in [0, 0.1) is 0 Å². The minimum atomic E-state index is -0.732. The maximum Gasteiger partial charge on any atom is 0.201 e. The standard InChI is InChI=1S/C11H20O3/c1-10(2)6-9-13-11(14-12)7-4-3-5-8-11/h6,12H,3-5,7-9H2,1-2H3. The molecule has 0 heterocycles. The summed E-state index contributed by atoms with van der Waals surface area (Å²) in [5.74, 6) is -0.732. The average Bonchev–Trinajstić information content (AvgIpc) is 2.19. The van der Waals surface area contributed by atoms with Crippen LogP contribution in [0.25, 0.3) is 0 Å². The minimum Gasteiger partial charge on any atom is -0.343 e. The van der Waals surface area contributed by atoms with Crippen LogP contribution >= 0.6 is 0 Å². The molecule has 1 fully saturated rings. The SMILES string of the molecule is CC(C)=CCOC1(OO)CCCCC1. The minimum absolute atomic E-state index is 0.517. The van der Waals surface area contributed by atoms with Crippen molar-refractivity contribution in [1.29, 1.82) is 0 Å². The zero-order valence-corrected chi connectivity index (χ0v) is 9.08. The Morgan fingerprint density at radius 3 is 2.43 bits per heavy atom. The highest BCUT2D eigenvalue weighted by molar-refractivity contribution is 4.93. The van der Waals surface area contributed by atoms with Crippen molar-refractivity contribution in [1.82, 2.24) is 0 Å². The van der Waals surface area contributed by atoms with E-state index < -0.39 is 5.79 Å². The van der Waals surface area contributed by atoms with E-state index in [0.717, 1.165) is 25.7 Å². The van der Waals surface area contributed by atoms with Gasteiger partial charge in [0.2, 0.25) is 5.79 Å². The topological polar surface area (TPSA) is 38.7 Å². The maximum atomic E-state index is 8.86. The molecular formula is C11H20O3. The van der Waals surface area contributed by atoms with Crippen molar-refractivity contribution in [3.05, 3.63) is 11.6 Å². The lowest BCUT2D eigenvalue weighted by atomic mass is 9.94. The van der Waals surface area contributed by atoms with Crippen LogP contribution < -0.4 is 0 Å². The zero-order valence-electron chi connectivity index (χ0n) is 9.08. The Labute approximate surface area is 85.6 Å². The molecule has 3 nitrogen and oxygen atoms in total. The highest BCUT2D eigenvalue weighted by Crippen LogP contribution is 2.31. The summed E-state index contributed by atoms with van der Waals surface area (Å²) in [7, 11) is 0. The summed E-state index contributed by atoms with van der Waals surface area (Å²) in [5, 5.41) is 8.86. The predicted octanol–water partition coefficient (Wildman–Crippen LogP) is 3.12. The molecule has 0 atom stereocenters. The van der Waals surface area contributed by atoms with Gasteiger partial charge in [-0.1, -0.05) is 18.1 Å². The summed E-state index contributed by atoms with van der Waals surface area (Å²) < 4.78 is 5.58. The largest absolute Gasteiger partial charge is 0.343 e. The molecule has 0 aliphatic heterocycles. The van der Waals surface area contributed by atoms with Crippen LogP contribution in [-0.2, 0) is 9.62 Å². The van der Waals surface area contributed by atoms with Gasteiger partial charge in [0.1, 0.15) is 0 Å². The Hall–Kier alpha value is -0.380. The second-order valence-corrected chi connectivity index (χ2v) is 4.16. The second kappa shape index (κ2) is 5.49. The first-order valence-corrected chi connectivity index (χ1v) is 5.28. The monoisotopic (exact) mass is 200 g/mol. The van der Waals surface area contributed by atoms with Gasteiger partial charge in [-0.2, -0.15) is 0 Å². The lowest BCUT2D eigenvalue weighted by Gasteiger charge is -2.33. The summed E-state index contributed by atoms with van der Waals surface area (Å²) in [6.07, 6.45) is 6.91. The molecule has 14 heavy (non-hydrogen) atoms. The molecule has 0 aromatic heterocycles. The van der Waals surface area contributed by atoms with Crippen LogP contribution in [0.15, 0.2) is 11.6 Å². The smallest absolute Gasteiger partial charge is 0.201 e. The van der Waals surface area contributed by atoms with Crippen molar-refractivity contribution < 1.29 is 14.9 Å². The van der Waals surface area contributed by atoms with Gasteiger partial charge in [0.05, 0.1) is 6.61 Å². The highest BCUT2D eigenvalue weighted by Gasteiger charge is 2.34. The van der Waals surface area contributed by atoms with E-state index in [1.54, 1.807) is 0 Å². The molecule has 1 aliphatic rings. The van der Waals surface area contributed by atoms with Gasteiger partial charge in [-0.25, -0.2) is 10.1 Å². The van der Waals surface area contributed by atoms with Crippen LogP contribution in [0.2, 0.25) is 0 Å². The van der Waals surface area contributed by atoms with E-state index in [2.05, 4.69) is 4.89 Å². The number of hydrogen-bond acceptors (Lipinski definition) is 3. The Morgan fingerprint density at radius 1 is 1.29 bits per heavy atom. The molecule has 3 heteroatoms. The Kier molecular flexibility index (Phi) is 4.58. The molecule has 0 radical (unpaired) electrons. The lowest BCUT2D eigenvalue weighted by Crippen LogP contribution is -2.37. The third-order valence-electron chi connectivity index (χ3n) is 2.62. The summed E-state index contributed by atoms with van der Waals surface area (Å²) >= 11 is 0. The molecule has 1 aliphatic carbocycles. The van der Waals surface area contributed by atoms with Gasteiger partial charge >= 0.3 is 0 Å². The first-order valence-electron chi connectivity index (χ1n) is 5.28. The second-order valence-electron chi connectivity index (χ2n) is 4.16. The molecule has 1 saturated carbocycles. The molecule has 0 unspecified atom stereocenters. The maximum absolute atomic E-state index is 8.86. The molecule has 0 bridgehead atoms. The Balaban J connectivity index is 2.40. The van der Waals surface area contributed by atoms with E-state index in [9.17, 15) is 0 Å². The van der Waals surface area contributed by atoms with Crippen molar-refractivity contribution >= 4 is 0 Å². The fourth-order valence-electron chi connectivity index (χ4n) is 1.71. The number of allylic oxidation sites excluding steroid dienone is 1. The fourth-order valence-corrected chi connectivity index (χ4v) is 1.71. The molecule has 0 aromatic carbocycles. The van der Waals surface area contributed by atoms with E-state index >= 15 is 0 Å². The van der Waals surface area contributed by atoms with Gasteiger partial charge in [0.15, 0.2) is 0 Å². The highest BCUT2D eigenvalue weighted by atomic mass is 17.1. The van der Waals surface area contributed by atoms with Crippen molar-refractivity contribution in [3.63, 3.8) is 0 Å². The predicted molar refractivity (Wildman–Crippen MR) is 54.9 cm³/mol. The number of ether oxygens (including phenoxy) is 1. The summed E-state index contributed by atoms with van der Waals surface area (Å²) in [6, 6.07) is 0. The molecule has 0 amide bonds. The van der Waals surface area contributed by atoms with E-state index in [4.69, 9.17) is 9.99 Å². The van der Waals surface area contributed by atoms with Gasteiger partial charge in [-0.3, -0.25) is 0 Å². The van der Waals surface area contributed by atoms with E-state index in [0.29, 0.717) is 6.61 Å². The first-order chi connectivity index (χ1) is 6.68. The van der Waals surface area contributed by atoms with Crippen LogP contribution in [0.3, 0.4) is 0 Å². The van der Waals surface area contributed by atoms with Gasteiger partial charge < -0.3 is 4.74 Å². The molecule has 1 N–H and O–H groups in total. The van der Waals surface area contributed by atoms with E-state index in [1.807, 2.05) is 19.9 Å². The number of hydrogen-bond donors (Lipinski definition) is 1. The summed E-state index contributed by atoms with van der Waals surface area (Å²) in [4.78, 5) is 4.51. The van der Waals surface area contributed by atoms with Gasteiger partial charge in [0, 0.05) is 12.8 Å². The average molecular weight is 200 g/mol. The van der Waals surface area contributed by atoms with Crippen molar-refractivity contribution in [2.24, 2.45) is 0 Å². The Bertz CT molecular complexity index is 189. The van der Waals surface area contributed by atoms with Crippen LogP contribution in [0.5, 0.6) is 0 Å². The van der Waals surface area contributed by atoms with Gasteiger partial charge in [-0.05, 0) is 26.7 Å². The summed E-state index contributed by atoms with van der Waals surface area (Å²) in [5.41, 5.74) is 1.22.